The van der Waals surface area contributed by atoms with Gasteiger partial charge in [0.05, 0.1) is 23.2 Å². The van der Waals surface area contributed by atoms with Gasteiger partial charge in [0.25, 0.3) is 0 Å². The third-order valence-corrected chi connectivity index (χ3v) is 4.54. The van der Waals surface area contributed by atoms with E-state index >= 15 is 0 Å². The first-order valence-electron chi connectivity index (χ1n) is 9.26. The van der Waals surface area contributed by atoms with E-state index < -0.39 is 0 Å². The highest BCUT2D eigenvalue weighted by Gasteiger charge is 2.13. The lowest BCUT2D eigenvalue weighted by molar-refractivity contribution is 0.242. The predicted molar refractivity (Wildman–Crippen MR) is 118 cm³/mol. The van der Waals surface area contributed by atoms with Gasteiger partial charge in [-0.15, -0.1) is 5.11 Å². The molecule has 3 aromatic carbocycles. The van der Waals surface area contributed by atoms with Gasteiger partial charge in [-0.05, 0) is 86.0 Å². The fraction of sp³-hybridized carbons (Fsp3) is 0.182. The van der Waals surface area contributed by atoms with Gasteiger partial charge in [-0.25, -0.2) is 5.84 Å². The average Bonchev–Trinajstić information content (AvgIpc) is 2.70. The zero-order valence-electron chi connectivity index (χ0n) is 16.4. The fourth-order valence-electron chi connectivity index (χ4n) is 3.00. The van der Waals surface area contributed by atoms with Crippen LogP contribution in [0.4, 0.5) is 17.1 Å². The molecular weight excluding hydrogens is 386 g/mol. The van der Waals surface area contributed by atoms with Crippen molar-refractivity contribution in [3.63, 3.8) is 0 Å². The number of rotatable bonds is 7. The largest absolute Gasteiger partial charge is 0.491 e. The number of hydrazine groups is 1. The minimum atomic E-state index is 0.116. The van der Waals surface area contributed by atoms with Crippen molar-refractivity contribution in [2.45, 2.75) is 26.4 Å². The first kappa shape index (κ1) is 20.6. The Hall–Kier alpha value is -3.09. The van der Waals surface area contributed by atoms with E-state index in [9.17, 15) is 0 Å². The highest BCUT2D eigenvalue weighted by Crippen LogP contribution is 2.32. The molecule has 7 heteroatoms. The van der Waals surface area contributed by atoms with Gasteiger partial charge in [-0.1, -0.05) is 29.0 Å². The zero-order chi connectivity index (χ0) is 20.8. The van der Waals surface area contributed by atoms with Crippen molar-refractivity contribution in [1.29, 1.82) is 0 Å². The Morgan fingerprint density at radius 2 is 1.69 bits per heavy atom. The van der Waals surface area contributed by atoms with E-state index in [2.05, 4.69) is 10.3 Å². The van der Waals surface area contributed by atoms with Gasteiger partial charge in [0.1, 0.15) is 5.75 Å². The van der Waals surface area contributed by atoms with E-state index in [-0.39, 0.29) is 6.10 Å². The van der Waals surface area contributed by atoms with Gasteiger partial charge in [0.15, 0.2) is 0 Å². The van der Waals surface area contributed by atoms with Gasteiger partial charge < -0.3 is 10.6 Å². The predicted octanol–water partition coefficient (Wildman–Crippen LogP) is 5.69. The van der Waals surface area contributed by atoms with E-state index in [4.69, 9.17) is 28.0 Å². The summed E-state index contributed by atoms with van der Waals surface area (Å²) in [6.07, 6.45) is 0.771. The molecule has 0 saturated carbocycles. The third-order valence-electron chi connectivity index (χ3n) is 4.29. The lowest BCUT2D eigenvalue weighted by atomic mass is 10.0. The summed E-state index contributed by atoms with van der Waals surface area (Å²) in [7, 11) is 0. The first-order chi connectivity index (χ1) is 14.0. The van der Waals surface area contributed by atoms with Gasteiger partial charge in [-0.2, -0.15) is 0 Å². The lowest BCUT2D eigenvalue weighted by Gasteiger charge is -2.23. The third kappa shape index (κ3) is 5.47. The molecule has 3 aromatic rings. The summed E-state index contributed by atoms with van der Waals surface area (Å²) in [5.41, 5.74) is 4.45. The molecule has 0 aliphatic carbocycles. The molecule has 0 radical (unpaired) electrons. The van der Waals surface area contributed by atoms with Crippen LogP contribution in [0.1, 0.15) is 25.0 Å². The summed E-state index contributed by atoms with van der Waals surface area (Å²) in [5.74, 6) is 12.5. The van der Waals surface area contributed by atoms with Crippen molar-refractivity contribution in [2.75, 3.05) is 5.01 Å². The number of hydrogen-bond acceptors (Lipinski definition) is 5. The number of nitrogens with two attached hydrogens (primary N) is 2. The molecule has 6 nitrogen and oxygen atoms in total. The Labute approximate surface area is 175 Å². The number of benzene rings is 3. The molecule has 29 heavy (non-hydrogen) atoms. The van der Waals surface area contributed by atoms with E-state index in [0.29, 0.717) is 17.1 Å². The fourth-order valence-corrected chi connectivity index (χ4v) is 3.12. The van der Waals surface area contributed by atoms with Crippen molar-refractivity contribution in [3.8, 4) is 5.75 Å². The van der Waals surface area contributed by atoms with Crippen molar-refractivity contribution >= 4 is 28.7 Å². The molecule has 0 heterocycles. The van der Waals surface area contributed by atoms with E-state index in [1.54, 1.807) is 5.01 Å². The summed E-state index contributed by atoms with van der Waals surface area (Å²) in [6, 6.07) is 21.0. The van der Waals surface area contributed by atoms with Crippen molar-refractivity contribution in [3.05, 3.63) is 82.9 Å². The highest BCUT2D eigenvalue weighted by atomic mass is 35.5. The number of anilines is 2. The molecular formula is C22H24ClN5O. The zero-order valence-corrected chi connectivity index (χ0v) is 17.2. The Bertz CT molecular complexity index is 971. The molecule has 0 atom stereocenters. The Kier molecular flexibility index (Phi) is 6.69. The summed E-state index contributed by atoms with van der Waals surface area (Å²) in [4.78, 5) is 0. The van der Waals surface area contributed by atoms with E-state index in [0.717, 1.165) is 28.3 Å². The molecule has 3 rings (SSSR count). The number of nitrogens with zero attached hydrogens (tertiary/aromatic N) is 3. The van der Waals surface area contributed by atoms with Gasteiger partial charge in [0.2, 0.25) is 0 Å². The smallest absolute Gasteiger partial charge is 0.119 e. The number of halogens is 1. The maximum atomic E-state index is 6.46. The summed E-state index contributed by atoms with van der Waals surface area (Å²) < 4.78 is 5.70. The molecule has 0 bridgehead atoms. The Morgan fingerprint density at radius 1 is 1.00 bits per heavy atom. The number of ether oxygens (including phenoxy) is 1. The molecule has 0 aromatic heterocycles. The van der Waals surface area contributed by atoms with Crippen molar-refractivity contribution < 1.29 is 4.74 Å². The standard InChI is InChI=1S/C22H24ClN5O/c1-15(2)29-21-10-8-20(9-11-21)28(25)22-12-7-19(26-27-24)14-17(22)13-16-3-5-18(23)6-4-16/h3-12,14-15H,13,25H2,1-2H3,(H2,24,26). The lowest BCUT2D eigenvalue weighted by Crippen LogP contribution is -2.26. The molecule has 0 spiro atoms. The van der Waals surface area contributed by atoms with E-state index in [1.807, 2.05) is 80.6 Å². The minimum Gasteiger partial charge on any atom is -0.491 e. The van der Waals surface area contributed by atoms with Gasteiger partial charge in [-0.3, -0.25) is 5.01 Å². The SMILES string of the molecule is CC(C)Oc1ccc(N(N)c2ccc(N=NN)cc2Cc2ccc(Cl)cc2)cc1. The summed E-state index contributed by atoms with van der Waals surface area (Å²) >= 11 is 6.01. The van der Waals surface area contributed by atoms with Crippen LogP contribution in [-0.4, -0.2) is 6.10 Å². The van der Waals surface area contributed by atoms with Crippen molar-refractivity contribution in [1.82, 2.24) is 0 Å². The van der Waals surface area contributed by atoms with Crippen LogP contribution in [0, 0.1) is 0 Å². The van der Waals surface area contributed by atoms with E-state index in [1.165, 1.54) is 0 Å². The number of hydrogen-bond donors (Lipinski definition) is 2. The highest BCUT2D eigenvalue weighted by molar-refractivity contribution is 6.30. The van der Waals surface area contributed by atoms with Crippen LogP contribution >= 0.6 is 11.6 Å². The van der Waals surface area contributed by atoms with Crippen LogP contribution in [0.2, 0.25) is 5.02 Å². The topological polar surface area (TPSA) is 89.2 Å². The molecule has 0 amide bonds. The van der Waals surface area contributed by atoms with Crippen LogP contribution in [-0.2, 0) is 6.42 Å². The quantitative estimate of drug-likeness (QED) is 0.298. The van der Waals surface area contributed by atoms with Crippen molar-refractivity contribution in [2.24, 2.45) is 22.0 Å². The Morgan fingerprint density at radius 3 is 2.31 bits per heavy atom. The molecule has 0 aliphatic heterocycles. The van der Waals surface area contributed by atoms with Crippen LogP contribution in [0.15, 0.2) is 77.1 Å². The normalized spacial score (nSPS) is 11.2. The molecule has 0 unspecified atom stereocenters. The van der Waals surface area contributed by atoms with Crippen LogP contribution in [0.25, 0.3) is 0 Å². The second-order valence-electron chi connectivity index (χ2n) is 6.86. The van der Waals surface area contributed by atoms with Gasteiger partial charge in [0, 0.05) is 5.02 Å². The van der Waals surface area contributed by atoms with Crippen LogP contribution in [0.5, 0.6) is 5.75 Å². The first-order valence-corrected chi connectivity index (χ1v) is 9.64. The second kappa shape index (κ2) is 9.41. The summed E-state index contributed by atoms with van der Waals surface area (Å²) in [6.45, 7) is 3.98. The Balaban J connectivity index is 1.93. The summed E-state index contributed by atoms with van der Waals surface area (Å²) in [5, 5.41) is 9.67. The van der Waals surface area contributed by atoms with Crippen LogP contribution < -0.4 is 21.4 Å². The van der Waals surface area contributed by atoms with Gasteiger partial charge >= 0.3 is 0 Å². The minimum absolute atomic E-state index is 0.116. The van der Waals surface area contributed by atoms with Crippen LogP contribution in [0.3, 0.4) is 0 Å². The monoisotopic (exact) mass is 409 g/mol. The average molecular weight is 410 g/mol. The maximum Gasteiger partial charge on any atom is 0.119 e. The maximum absolute atomic E-state index is 6.46. The second-order valence-corrected chi connectivity index (χ2v) is 7.30. The molecule has 4 N–H and O–H groups in total. The molecule has 150 valence electrons. The molecule has 0 fully saturated rings. The molecule has 0 saturated heterocycles. The molecule has 0 aliphatic rings.